The monoisotopic (exact) mass is 379 g/mol. The highest BCUT2D eigenvalue weighted by molar-refractivity contribution is 7.09. The second kappa shape index (κ2) is 8.65. The number of nitrogens with one attached hydrogen (secondary N) is 2. The van der Waals surface area contributed by atoms with Crippen LogP contribution in [0.25, 0.3) is 0 Å². The molecule has 0 aliphatic carbocycles. The van der Waals surface area contributed by atoms with Gasteiger partial charge < -0.3 is 15.4 Å². The van der Waals surface area contributed by atoms with Crippen molar-refractivity contribution < 1.29 is 9.53 Å². The molecule has 0 spiro atoms. The van der Waals surface area contributed by atoms with Gasteiger partial charge in [0.25, 0.3) is 0 Å². The lowest BCUT2D eigenvalue weighted by molar-refractivity contribution is -0.121. The molecule has 1 aromatic heterocycles. The van der Waals surface area contributed by atoms with Crippen molar-refractivity contribution in [1.29, 1.82) is 0 Å². The number of rotatable bonds is 6. The van der Waals surface area contributed by atoms with Gasteiger partial charge in [0.15, 0.2) is 0 Å². The van der Waals surface area contributed by atoms with Gasteiger partial charge >= 0.3 is 0 Å². The van der Waals surface area contributed by atoms with Gasteiger partial charge in [0.2, 0.25) is 5.91 Å². The first kappa shape index (κ1) is 18.2. The van der Waals surface area contributed by atoms with Gasteiger partial charge in [-0.25, -0.2) is 4.98 Å². The zero-order valence-electron chi connectivity index (χ0n) is 14.1. The molecule has 1 aliphatic rings. The second-order valence-corrected chi connectivity index (χ2v) is 7.59. The Kier molecular flexibility index (Phi) is 6.29. The average molecular weight is 380 g/mol. The van der Waals surface area contributed by atoms with Crippen LogP contribution in [0.15, 0.2) is 29.6 Å². The highest BCUT2D eigenvalue weighted by Gasteiger charge is 2.22. The Hall–Kier alpha value is -1.63. The van der Waals surface area contributed by atoms with E-state index in [2.05, 4.69) is 22.5 Å². The van der Waals surface area contributed by atoms with Gasteiger partial charge in [-0.05, 0) is 50.6 Å². The minimum absolute atomic E-state index is 0.0241. The van der Waals surface area contributed by atoms with E-state index in [0.717, 1.165) is 35.8 Å². The maximum Gasteiger partial charge on any atom is 0.226 e. The molecule has 2 N–H and O–H groups in total. The Balaban J connectivity index is 1.47. The number of carbonyl (C=O) groups excluding carboxylic acids is 1. The Morgan fingerprint density at radius 2 is 2.24 bits per heavy atom. The van der Waals surface area contributed by atoms with Crippen LogP contribution in [-0.2, 0) is 17.8 Å². The number of thiazole rings is 1. The minimum Gasteiger partial charge on any atom is -0.486 e. The largest absolute Gasteiger partial charge is 0.486 e. The van der Waals surface area contributed by atoms with Crippen molar-refractivity contribution in [3.63, 3.8) is 0 Å². The molecule has 0 radical (unpaired) electrons. The van der Waals surface area contributed by atoms with Crippen molar-refractivity contribution in [2.24, 2.45) is 0 Å². The van der Waals surface area contributed by atoms with Gasteiger partial charge in [0.1, 0.15) is 17.4 Å². The molecule has 0 saturated carbocycles. The van der Waals surface area contributed by atoms with Gasteiger partial charge in [0.05, 0.1) is 12.1 Å². The SMILES string of the molecule is CC1NCCCC1NC(=O)Cc1csc(COc2ccc(Cl)cc2)n1. The average Bonchev–Trinajstić information content (AvgIpc) is 3.04. The summed E-state index contributed by atoms with van der Waals surface area (Å²) >= 11 is 7.36. The number of halogens is 1. The van der Waals surface area contributed by atoms with E-state index in [9.17, 15) is 4.79 Å². The molecule has 7 heteroatoms. The van der Waals surface area contributed by atoms with Gasteiger partial charge in [0, 0.05) is 22.5 Å². The van der Waals surface area contributed by atoms with Crippen LogP contribution in [-0.4, -0.2) is 29.5 Å². The molecule has 5 nitrogen and oxygen atoms in total. The smallest absolute Gasteiger partial charge is 0.226 e. The second-order valence-electron chi connectivity index (χ2n) is 6.21. The lowest BCUT2D eigenvalue weighted by atomic mass is 10.00. The van der Waals surface area contributed by atoms with E-state index in [1.807, 2.05) is 17.5 Å². The normalized spacial score (nSPS) is 20.2. The van der Waals surface area contributed by atoms with Crippen molar-refractivity contribution in [1.82, 2.24) is 15.6 Å². The number of nitrogens with zero attached hydrogens (tertiary/aromatic N) is 1. The molecule has 1 saturated heterocycles. The highest BCUT2D eigenvalue weighted by Crippen LogP contribution is 2.18. The fourth-order valence-electron chi connectivity index (χ4n) is 2.84. The Bertz CT molecular complexity index is 705. The highest BCUT2D eigenvalue weighted by atomic mass is 35.5. The number of benzene rings is 1. The Morgan fingerprint density at radius 1 is 1.44 bits per heavy atom. The van der Waals surface area contributed by atoms with E-state index in [-0.39, 0.29) is 11.9 Å². The first-order chi connectivity index (χ1) is 12.1. The molecule has 1 aromatic carbocycles. The summed E-state index contributed by atoms with van der Waals surface area (Å²) in [5.74, 6) is 0.772. The summed E-state index contributed by atoms with van der Waals surface area (Å²) in [7, 11) is 0. The first-order valence-corrected chi connectivity index (χ1v) is 9.70. The third-order valence-corrected chi connectivity index (χ3v) is 5.35. The molecule has 25 heavy (non-hydrogen) atoms. The van der Waals surface area contributed by atoms with Crippen molar-refractivity contribution >= 4 is 28.8 Å². The summed E-state index contributed by atoms with van der Waals surface area (Å²) in [6.07, 6.45) is 2.43. The molecule has 134 valence electrons. The lowest BCUT2D eigenvalue weighted by Gasteiger charge is -2.30. The van der Waals surface area contributed by atoms with E-state index < -0.39 is 0 Å². The van der Waals surface area contributed by atoms with E-state index in [1.54, 1.807) is 12.1 Å². The van der Waals surface area contributed by atoms with Crippen LogP contribution in [0.4, 0.5) is 0 Å². The molecular formula is C18H22ClN3O2S. The Labute approximate surface area is 156 Å². The van der Waals surface area contributed by atoms with Crippen LogP contribution in [0.3, 0.4) is 0 Å². The zero-order chi connectivity index (χ0) is 17.6. The molecule has 1 amide bonds. The number of hydrogen-bond donors (Lipinski definition) is 2. The van der Waals surface area contributed by atoms with Crippen LogP contribution in [0, 0.1) is 0 Å². The summed E-state index contributed by atoms with van der Waals surface area (Å²) in [4.78, 5) is 16.7. The molecule has 2 aromatic rings. The van der Waals surface area contributed by atoms with E-state index in [0.29, 0.717) is 24.1 Å². The van der Waals surface area contributed by atoms with Gasteiger partial charge in [-0.1, -0.05) is 11.6 Å². The number of hydrogen-bond acceptors (Lipinski definition) is 5. The maximum absolute atomic E-state index is 12.2. The van der Waals surface area contributed by atoms with Gasteiger partial charge in [-0.3, -0.25) is 4.79 Å². The molecule has 1 aliphatic heterocycles. The number of amides is 1. The van der Waals surface area contributed by atoms with Crippen molar-refractivity contribution in [2.75, 3.05) is 6.54 Å². The Morgan fingerprint density at radius 3 is 3.00 bits per heavy atom. The van der Waals surface area contributed by atoms with Crippen LogP contribution in [0.2, 0.25) is 5.02 Å². The maximum atomic E-state index is 12.2. The van der Waals surface area contributed by atoms with Crippen LogP contribution in [0.5, 0.6) is 5.75 Å². The predicted octanol–water partition coefficient (Wildman–Crippen LogP) is 3.17. The molecule has 2 atom stereocenters. The molecule has 1 fully saturated rings. The molecule has 3 rings (SSSR count). The van der Waals surface area contributed by atoms with Crippen molar-refractivity contribution in [3.8, 4) is 5.75 Å². The summed E-state index contributed by atoms with van der Waals surface area (Å²) in [6, 6.07) is 7.74. The zero-order valence-corrected chi connectivity index (χ0v) is 15.7. The van der Waals surface area contributed by atoms with Crippen molar-refractivity contribution in [3.05, 3.63) is 45.4 Å². The minimum atomic E-state index is 0.0241. The number of piperidine rings is 1. The van der Waals surface area contributed by atoms with Gasteiger partial charge in [-0.15, -0.1) is 11.3 Å². The molecule has 2 heterocycles. The van der Waals surface area contributed by atoms with Gasteiger partial charge in [-0.2, -0.15) is 0 Å². The van der Waals surface area contributed by atoms with Crippen LogP contribution < -0.4 is 15.4 Å². The quantitative estimate of drug-likeness (QED) is 0.809. The number of ether oxygens (including phenoxy) is 1. The number of aromatic nitrogens is 1. The van der Waals surface area contributed by atoms with Crippen LogP contribution >= 0.6 is 22.9 Å². The van der Waals surface area contributed by atoms with Crippen LogP contribution in [0.1, 0.15) is 30.5 Å². The van der Waals surface area contributed by atoms with Crippen molar-refractivity contribution in [2.45, 2.75) is 44.9 Å². The topological polar surface area (TPSA) is 63.2 Å². The predicted molar refractivity (Wildman–Crippen MR) is 100 cm³/mol. The summed E-state index contributed by atoms with van der Waals surface area (Å²) in [5.41, 5.74) is 0.786. The summed E-state index contributed by atoms with van der Waals surface area (Å²) in [5, 5.41) is 9.95. The molecule has 0 bridgehead atoms. The fourth-order valence-corrected chi connectivity index (χ4v) is 3.67. The fraction of sp³-hybridized carbons (Fsp3) is 0.444. The van der Waals surface area contributed by atoms with E-state index >= 15 is 0 Å². The molecular weight excluding hydrogens is 358 g/mol. The standard InChI is InChI=1S/C18H22ClN3O2S/c1-12-16(3-2-8-20-12)22-17(23)9-14-11-25-18(21-14)10-24-15-6-4-13(19)5-7-15/h4-7,11-12,16,20H,2-3,8-10H2,1H3,(H,22,23). The van der Waals surface area contributed by atoms with E-state index in [4.69, 9.17) is 16.3 Å². The number of carbonyl (C=O) groups is 1. The first-order valence-electron chi connectivity index (χ1n) is 8.44. The summed E-state index contributed by atoms with van der Waals surface area (Å²) in [6.45, 7) is 3.52. The third-order valence-electron chi connectivity index (χ3n) is 4.23. The van der Waals surface area contributed by atoms with E-state index in [1.165, 1.54) is 11.3 Å². The summed E-state index contributed by atoms with van der Waals surface area (Å²) < 4.78 is 5.68. The molecule has 2 unspecified atom stereocenters. The lowest BCUT2D eigenvalue weighted by Crippen LogP contribution is -2.52. The third kappa shape index (κ3) is 5.42.